The number of hydrogen-bond donors (Lipinski definition) is 0. The average molecular weight is 494 g/mol. The van der Waals surface area contributed by atoms with Gasteiger partial charge >= 0.3 is 140 Å². The van der Waals surface area contributed by atoms with Gasteiger partial charge < -0.3 is 0 Å². The van der Waals surface area contributed by atoms with Gasteiger partial charge in [-0.25, -0.2) is 0 Å². The third-order valence-corrected chi connectivity index (χ3v) is 25.3. The van der Waals surface area contributed by atoms with E-state index in [4.69, 9.17) is 17.2 Å². The second kappa shape index (κ2) is 4.87. The first-order chi connectivity index (χ1) is 10.5. The zero-order chi connectivity index (χ0) is 15.4. The molecule has 2 aliphatic carbocycles. The summed E-state index contributed by atoms with van der Waals surface area (Å²) < 4.78 is 4.65. The average Bonchev–Trinajstić information content (AvgIpc) is 3.14. The Balaban J connectivity index is 2.01. The van der Waals surface area contributed by atoms with Gasteiger partial charge in [-0.05, 0) is 0 Å². The van der Waals surface area contributed by atoms with Crippen molar-refractivity contribution in [1.29, 1.82) is 0 Å². The van der Waals surface area contributed by atoms with Gasteiger partial charge in [0.25, 0.3) is 0 Å². The Bertz CT molecular complexity index is 828. The summed E-state index contributed by atoms with van der Waals surface area (Å²) in [5, 5.41) is 0. The van der Waals surface area contributed by atoms with Gasteiger partial charge in [0, 0.05) is 0 Å². The molecule has 0 saturated heterocycles. The van der Waals surface area contributed by atoms with Crippen LogP contribution >= 0.6 is 17.2 Å². The fourth-order valence-electron chi connectivity index (χ4n) is 3.81. The molecule has 4 rings (SSSR count). The standard InChI is InChI=1S/C13H9.C5H5.CH2.2ClH.Hf/c1-3-7-12-10(5-1)9-11-6-2-4-8-13(11)12;1-2-4-5-3-1;;;;/h1-9H;1-5H;1H2;2*1H;/q;;;;;+2/p-2. The molecule has 0 spiro atoms. The maximum atomic E-state index is 7.23. The van der Waals surface area contributed by atoms with Crippen LogP contribution in [0.4, 0.5) is 0 Å². The molecule has 0 aromatic heterocycles. The molecule has 2 aromatic rings. The summed E-state index contributed by atoms with van der Waals surface area (Å²) in [5.74, 6) is 0. The molecule has 110 valence electrons. The molecular formula is C19H16Cl2Hf. The Morgan fingerprint density at radius 3 is 1.73 bits per heavy atom. The van der Waals surface area contributed by atoms with Gasteiger partial charge in [-0.2, -0.15) is 0 Å². The summed E-state index contributed by atoms with van der Waals surface area (Å²) in [4.78, 5) is 0. The van der Waals surface area contributed by atoms with E-state index in [1.54, 1.807) is 0 Å². The zero-order valence-corrected chi connectivity index (χ0v) is 17.2. The normalized spacial score (nSPS) is 17.8. The molecule has 22 heavy (non-hydrogen) atoms. The Kier molecular flexibility index (Phi) is 3.28. The Morgan fingerprint density at radius 2 is 1.23 bits per heavy atom. The van der Waals surface area contributed by atoms with Crippen LogP contribution in [0, 0.1) is 0 Å². The van der Waals surface area contributed by atoms with Crippen molar-refractivity contribution in [1.82, 2.24) is 0 Å². The van der Waals surface area contributed by atoms with Gasteiger partial charge in [0.2, 0.25) is 0 Å². The van der Waals surface area contributed by atoms with Crippen molar-refractivity contribution < 1.29 is 15.7 Å². The first-order valence-corrected chi connectivity index (χ1v) is 23.0. The van der Waals surface area contributed by atoms with Crippen LogP contribution in [0.3, 0.4) is 0 Å². The van der Waals surface area contributed by atoms with E-state index >= 15 is 0 Å². The molecule has 0 bridgehead atoms. The molecule has 0 amide bonds. The number of fused-ring (bicyclic) bond motifs is 3. The van der Waals surface area contributed by atoms with Crippen LogP contribution in [0.1, 0.15) is 14.8 Å². The van der Waals surface area contributed by atoms with Crippen LogP contribution in [-0.2, 0) is 15.7 Å². The topological polar surface area (TPSA) is 0 Å². The minimum absolute atomic E-state index is 0.0464. The van der Waals surface area contributed by atoms with E-state index in [0.29, 0.717) is 0 Å². The summed E-state index contributed by atoms with van der Waals surface area (Å²) in [5.41, 5.74) is 4.99. The quantitative estimate of drug-likeness (QED) is 0.444. The summed E-state index contributed by atoms with van der Waals surface area (Å²) in [6.07, 6.45) is 8.30. The van der Waals surface area contributed by atoms with Crippen LogP contribution in [0.15, 0.2) is 72.8 Å². The molecule has 0 heterocycles. The Morgan fingerprint density at radius 1 is 0.773 bits per heavy atom. The van der Waals surface area contributed by atoms with Crippen molar-refractivity contribution in [2.24, 2.45) is 0 Å². The van der Waals surface area contributed by atoms with Gasteiger partial charge in [0.15, 0.2) is 0 Å². The second-order valence-electron chi connectivity index (χ2n) is 6.25. The van der Waals surface area contributed by atoms with E-state index in [2.05, 4.69) is 64.9 Å². The van der Waals surface area contributed by atoms with Crippen molar-refractivity contribution in [3.8, 4) is 11.1 Å². The molecule has 0 atom stereocenters. The number of allylic oxidation sites excluding steroid dienone is 4. The van der Waals surface area contributed by atoms with E-state index in [1.165, 1.54) is 22.3 Å². The number of benzene rings is 2. The van der Waals surface area contributed by atoms with Gasteiger partial charge in [0.05, 0.1) is 0 Å². The van der Waals surface area contributed by atoms with Crippen LogP contribution in [-0.4, -0.2) is 4.26 Å². The summed E-state index contributed by atoms with van der Waals surface area (Å²) in [6, 6.07) is 16.9. The number of halogens is 2. The van der Waals surface area contributed by atoms with E-state index in [0.717, 1.165) is 0 Å². The van der Waals surface area contributed by atoms with E-state index in [-0.39, 0.29) is 7.35 Å². The van der Waals surface area contributed by atoms with Crippen molar-refractivity contribution in [2.75, 3.05) is 0 Å². The van der Waals surface area contributed by atoms with Crippen LogP contribution in [0.25, 0.3) is 11.1 Å². The molecule has 3 heteroatoms. The molecule has 0 radical (unpaired) electrons. The van der Waals surface area contributed by atoms with E-state index in [9.17, 15) is 0 Å². The molecule has 2 aliphatic rings. The van der Waals surface area contributed by atoms with Gasteiger partial charge in [0.1, 0.15) is 0 Å². The SMILES string of the molecule is [CH2]=[Hf]([Cl])([Cl])([CH]1C=CC=C1)[CH]1c2ccccc2-c2ccccc21. The molecule has 0 N–H and O–H groups in total. The van der Waals surface area contributed by atoms with Gasteiger partial charge in [-0.3, -0.25) is 0 Å². The van der Waals surface area contributed by atoms with Crippen molar-refractivity contribution in [3.63, 3.8) is 0 Å². The monoisotopic (exact) mass is 494 g/mol. The second-order valence-corrected chi connectivity index (χ2v) is 36.6. The molecular weight excluding hydrogens is 478 g/mol. The predicted molar refractivity (Wildman–Crippen MR) is 94.6 cm³/mol. The number of rotatable bonds is 2. The van der Waals surface area contributed by atoms with E-state index in [1.807, 2.05) is 12.2 Å². The van der Waals surface area contributed by atoms with Gasteiger partial charge in [-0.1, -0.05) is 0 Å². The molecule has 2 aromatic carbocycles. The molecule has 0 saturated carbocycles. The van der Waals surface area contributed by atoms with Crippen LogP contribution < -0.4 is 0 Å². The predicted octanol–water partition coefficient (Wildman–Crippen LogP) is 6.10. The van der Waals surface area contributed by atoms with Crippen molar-refractivity contribution >= 4 is 21.4 Å². The van der Waals surface area contributed by atoms with Crippen molar-refractivity contribution in [3.05, 3.63) is 84.0 Å². The first kappa shape index (κ1) is 14.8. The molecule has 0 aliphatic heterocycles. The van der Waals surface area contributed by atoms with E-state index < -0.39 is 15.7 Å². The molecule has 0 fully saturated rings. The third-order valence-electron chi connectivity index (χ3n) is 4.85. The maximum absolute atomic E-state index is 7.23. The fraction of sp³-hybridized carbons (Fsp3) is 0.105. The summed E-state index contributed by atoms with van der Waals surface area (Å²) >= 11 is -4.48. The molecule has 0 nitrogen and oxygen atoms in total. The van der Waals surface area contributed by atoms with Crippen LogP contribution in [0.5, 0.6) is 0 Å². The summed E-state index contributed by atoms with van der Waals surface area (Å²) in [6.45, 7) is 0. The fourth-order valence-corrected chi connectivity index (χ4v) is 21.4. The molecule has 0 unspecified atom stereocenters. The van der Waals surface area contributed by atoms with Crippen molar-refractivity contribution in [2.45, 2.75) is 7.35 Å². The Hall–Kier alpha value is -0.760. The Labute approximate surface area is 138 Å². The van der Waals surface area contributed by atoms with Crippen LogP contribution in [0.2, 0.25) is 3.67 Å². The zero-order valence-electron chi connectivity index (χ0n) is 12.0. The van der Waals surface area contributed by atoms with Gasteiger partial charge in [-0.15, -0.1) is 0 Å². The first-order valence-electron chi connectivity index (χ1n) is 7.46. The summed E-state index contributed by atoms with van der Waals surface area (Å²) in [7, 11) is 14.5. The third kappa shape index (κ3) is 2.02. The number of hydrogen-bond acceptors (Lipinski definition) is 0. The minimum atomic E-state index is -4.48.